The van der Waals surface area contributed by atoms with Crippen LogP contribution in [0.25, 0.3) is 0 Å². The van der Waals surface area contributed by atoms with Crippen LogP contribution in [0.2, 0.25) is 0 Å². The summed E-state index contributed by atoms with van der Waals surface area (Å²) in [5.41, 5.74) is -0.350. The minimum Gasteiger partial charge on any atom is -0.344 e. The number of aromatic nitrogens is 2. The van der Waals surface area contributed by atoms with Gasteiger partial charge in [0.05, 0.1) is 6.04 Å². The smallest absolute Gasteiger partial charge is 0.344 e. The highest BCUT2D eigenvalue weighted by atomic mass is 19.4. The van der Waals surface area contributed by atoms with Crippen molar-refractivity contribution in [3.63, 3.8) is 0 Å². The lowest BCUT2D eigenvalue weighted by Gasteiger charge is -2.14. The summed E-state index contributed by atoms with van der Waals surface area (Å²) in [5, 5.41) is 5.96. The summed E-state index contributed by atoms with van der Waals surface area (Å²) < 4.78 is 38.6. The van der Waals surface area contributed by atoms with Gasteiger partial charge in [-0.05, 0) is 12.5 Å². The third kappa shape index (κ3) is 3.42. The standard InChI is InChI=1S/C14H14F3N3O/c1-9(10-6-4-3-5-7-10)18-13(21)11-8-12(14(15,16)17)19-20(11)2/h3-9H,1-2H3,(H,18,21)/t9-/m1/s1. The third-order valence-corrected chi connectivity index (χ3v) is 3.05. The van der Waals surface area contributed by atoms with Crippen LogP contribution >= 0.6 is 0 Å². The van der Waals surface area contributed by atoms with Crippen LogP contribution in [0, 0.1) is 0 Å². The number of rotatable bonds is 3. The van der Waals surface area contributed by atoms with Gasteiger partial charge < -0.3 is 5.32 Å². The number of nitrogens with one attached hydrogen (secondary N) is 1. The lowest BCUT2D eigenvalue weighted by Crippen LogP contribution is -2.28. The molecule has 1 aromatic heterocycles. The number of alkyl halides is 3. The lowest BCUT2D eigenvalue weighted by atomic mass is 10.1. The number of benzene rings is 1. The van der Waals surface area contributed by atoms with E-state index in [-0.39, 0.29) is 11.7 Å². The Labute approximate surface area is 119 Å². The number of hydrogen-bond donors (Lipinski definition) is 1. The van der Waals surface area contributed by atoms with Crippen molar-refractivity contribution in [1.29, 1.82) is 0 Å². The molecular weight excluding hydrogens is 283 g/mol. The van der Waals surface area contributed by atoms with Gasteiger partial charge >= 0.3 is 6.18 Å². The molecule has 0 unspecified atom stereocenters. The van der Waals surface area contributed by atoms with Crippen molar-refractivity contribution >= 4 is 5.91 Å². The van der Waals surface area contributed by atoms with E-state index in [1.54, 1.807) is 6.92 Å². The Morgan fingerprint density at radius 2 is 1.90 bits per heavy atom. The second-order valence-electron chi connectivity index (χ2n) is 4.64. The number of carbonyl (C=O) groups excluding carboxylic acids is 1. The summed E-state index contributed by atoms with van der Waals surface area (Å²) >= 11 is 0. The molecule has 0 saturated carbocycles. The van der Waals surface area contributed by atoms with Crippen LogP contribution in [0.1, 0.15) is 34.7 Å². The Hall–Kier alpha value is -2.31. The minimum atomic E-state index is -4.57. The van der Waals surface area contributed by atoms with Gasteiger partial charge in [0.25, 0.3) is 5.91 Å². The number of halogens is 3. The molecule has 2 rings (SSSR count). The number of hydrogen-bond acceptors (Lipinski definition) is 2. The first-order chi connectivity index (χ1) is 9.79. The molecule has 1 amide bonds. The summed E-state index contributed by atoms with van der Waals surface area (Å²) in [5.74, 6) is -0.600. The van der Waals surface area contributed by atoms with Crippen molar-refractivity contribution in [3.8, 4) is 0 Å². The molecule has 1 N–H and O–H groups in total. The molecule has 1 heterocycles. The van der Waals surface area contributed by atoms with Crippen molar-refractivity contribution in [2.24, 2.45) is 7.05 Å². The predicted octanol–water partition coefficient (Wildman–Crippen LogP) is 2.93. The molecule has 1 aromatic carbocycles. The fraction of sp³-hybridized carbons (Fsp3) is 0.286. The molecule has 2 aromatic rings. The molecule has 112 valence electrons. The van der Waals surface area contributed by atoms with Crippen molar-refractivity contribution in [3.05, 3.63) is 53.3 Å². The SMILES string of the molecule is C[C@@H](NC(=O)c1cc(C(F)(F)F)nn1C)c1ccccc1. The first-order valence-corrected chi connectivity index (χ1v) is 6.26. The van der Waals surface area contributed by atoms with E-state index < -0.39 is 17.8 Å². The van der Waals surface area contributed by atoms with Crippen LogP contribution in [-0.2, 0) is 13.2 Å². The molecule has 1 atom stereocenters. The van der Waals surface area contributed by atoms with Crippen LogP contribution < -0.4 is 5.32 Å². The average Bonchev–Trinajstić information content (AvgIpc) is 2.82. The zero-order valence-corrected chi connectivity index (χ0v) is 11.5. The minimum absolute atomic E-state index is 0.134. The Kier molecular flexibility index (Phi) is 4.02. The van der Waals surface area contributed by atoms with E-state index in [1.165, 1.54) is 7.05 Å². The van der Waals surface area contributed by atoms with Gasteiger partial charge in [-0.25, -0.2) is 0 Å². The van der Waals surface area contributed by atoms with Crippen molar-refractivity contribution in [2.75, 3.05) is 0 Å². The Bertz CT molecular complexity index is 635. The second-order valence-corrected chi connectivity index (χ2v) is 4.64. The van der Waals surface area contributed by atoms with Gasteiger partial charge in [-0.1, -0.05) is 30.3 Å². The average molecular weight is 297 g/mol. The molecule has 7 heteroatoms. The lowest BCUT2D eigenvalue weighted by molar-refractivity contribution is -0.141. The number of aryl methyl sites for hydroxylation is 1. The molecule has 0 spiro atoms. The number of carbonyl (C=O) groups is 1. The number of amides is 1. The quantitative estimate of drug-likeness (QED) is 0.947. The van der Waals surface area contributed by atoms with Gasteiger partial charge in [0.15, 0.2) is 5.69 Å². The van der Waals surface area contributed by atoms with Crippen LogP contribution in [0.5, 0.6) is 0 Å². The second kappa shape index (κ2) is 5.59. The molecule has 0 fully saturated rings. The van der Waals surface area contributed by atoms with Gasteiger partial charge in [-0.3, -0.25) is 9.48 Å². The van der Waals surface area contributed by atoms with E-state index in [2.05, 4.69) is 10.4 Å². The maximum atomic E-state index is 12.6. The molecule has 4 nitrogen and oxygen atoms in total. The molecule has 0 bridgehead atoms. The van der Waals surface area contributed by atoms with Crippen LogP contribution in [0.3, 0.4) is 0 Å². The van der Waals surface area contributed by atoms with Gasteiger partial charge in [0.1, 0.15) is 5.69 Å². The highest BCUT2D eigenvalue weighted by molar-refractivity contribution is 5.92. The molecule has 0 radical (unpaired) electrons. The summed E-state index contributed by atoms with van der Waals surface area (Å²) in [6, 6.07) is 9.57. The maximum Gasteiger partial charge on any atom is 0.435 e. The largest absolute Gasteiger partial charge is 0.435 e. The zero-order chi connectivity index (χ0) is 15.6. The molecule has 0 aliphatic heterocycles. The predicted molar refractivity (Wildman–Crippen MR) is 70.5 cm³/mol. The van der Waals surface area contributed by atoms with Gasteiger partial charge in [-0.2, -0.15) is 18.3 Å². The van der Waals surface area contributed by atoms with Gasteiger partial charge in [-0.15, -0.1) is 0 Å². The Morgan fingerprint density at radius 1 is 1.29 bits per heavy atom. The molecule has 0 saturated heterocycles. The molecule has 0 aliphatic rings. The highest BCUT2D eigenvalue weighted by Crippen LogP contribution is 2.28. The van der Waals surface area contributed by atoms with E-state index in [1.807, 2.05) is 30.3 Å². The van der Waals surface area contributed by atoms with Crippen LogP contribution in [-0.4, -0.2) is 15.7 Å². The highest BCUT2D eigenvalue weighted by Gasteiger charge is 2.35. The van der Waals surface area contributed by atoms with Crippen molar-refractivity contribution in [2.45, 2.75) is 19.1 Å². The van der Waals surface area contributed by atoms with E-state index in [0.717, 1.165) is 16.3 Å². The summed E-state index contributed by atoms with van der Waals surface area (Å²) in [4.78, 5) is 12.1. The summed E-state index contributed by atoms with van der Waals surface area (Å²) in [6.45, 7) is 1.76. The zero-order valence-electron chi connectivity index (χ0n) is 11.5. The maximum absolute atomic E-state index is 12.6. The van der Waals surface area contributed by atoms with Gasteiger partial charge in [0, 0.05) is 13.1 Å². The molecule has 21 heavy (non-hydrogen) atoms. The van der Waals surface area contributed by atoms with Crippen molar-refractivity contribution < 1.29 is 18.0 Å². The normalized spacial score (nSPS) is 13.0. The van der Waals surface area contributed by atoms with Crippen LogP contribution in [0.4, 0.5) is 13.2 Å². The van der Waals surface area contributed by atoms with E-state index in [4.69, 9.17) is 0 Å². The van der Waals surface area contributed by atoms with Gasteiger partial charge in [0.2, 0.25) is 0 Å². The van der Waals surface area contributed by atoms with E-state index in [0.29, 0.717) is 0 Å². The monoisotopic (exact) mass is 297 g/mol. The van der Waals surface area contributed by atoms with E-state index >= 15 is 0 Å². The third-order valence-electron chi connectivity index (χ3n) is 3.05. The molecule has 0 aliphatic carbocycles. The topological polar surface area (TPSA) is 46.9 Å². The van der Waals surface area contributed by atoms with E-state index in [9.17, 15) is 18.0 Å². The molecular formula is C14H14F3N3O. The Morgan fingerprint density at radius 3 is 2.43 bits per heavy atom. The first-order valence-electron chi connectivity index (χ1n) is 6.26. The number of nitrogens with zero attached hydrogens (tertiary/aromatic N) is 2. The first kappa shape index (κ1) is 15.1. The summed E-state index contributed by atoms with van der Waals surface area (Å²) in [7, 11) is 1.30. The Balaban J connectivity index is 2.16. The fourth-order valence-electron chi connectivity index (χ4n) is 1.91. The van der Waals surface area contributed by atoms with Crippen LogP contribution in [0.15, 0.2) is 36.4 Å². The fourth-order valence-corrected chi connectivity index (χ4v) is 1.91. The summed E-state index contributed by atoms with van der Waals surface area (Å²) in [6.07, 6.45) is -4.57. The van der Waals surface area contributed by atoms with Crippen molar-refractivity contribution in [1.82, 2.24) is 15.1 Å².